The normalized spacial score (nSPS) is 22.1. The Morgan fingerprint density at radius 2 is 1.59 bits per heavy atom. The molecule has 1 aliphatic carbocycles. The lowest BCUT2D eigenvalue weighted by Gasteiger charge is -2.29. The molecule has 2 aromatic rings. The van der Waals surface area contributed by atoms with Gasteiger partial charge in [0.05, 0.1) is 29.9 Å². The second-order valence-electron chi connectivity index (χ2n) is 8.26. The second-order valence-corrected chi connectivity index (χ2v) is 8.26. The van der Waals surface area contributed by atoms with Crippen molar-refractivity contribution in [1.82, 2.24) is 5.32 Å². The maximum absolute atomic E-state index is 13.4. The van der Waals surface area contributed by atoms with E-state index >= 15 is 0 Å². The number of carbonyl (C=O) groups is 1. The van der Waals surface area contributed by atoms with Crippen molar-refractivity contribution >= 4 is 5.91 Å². The molecule has 0 aromatic heterocycles. The summed E-state index contributed by atoms with van der Waals surface area (Å²) >= 11 is 0. The molecule has 2 aromatic carbocycles. The van der Waals surface area contributed by atoms with Crippen LogP contribution in [0.15, 0.2) is 42.5 Å². The SMILES string of the molecule is C[C@@H](O[C@H]1CC[C@@H](NCC(N)=O)[C@@H]1c1ccc(F)cc1)c1cc(C(F)(F)F)cc(C(F)(F)F)c1. The summed E-state index contributed by atoms with van der Waals surface area (Å²) in [5.74, 6) is -1.51. The standard InChI is InChI=1S/C23H23F7N2O2/c1-12(14-8-15(22(25,26)27)10-16(9-14)23(28,29)30)34-19-7-6-18(32-11-20(31)33)21(19)13-2-4-17(24)5-3-13/h2-5,8-10,12,18-19,21,32H,6-7,11H2,1H3,(H2,31,33)/t12-,18-,19+,21+/m1/s1. The first kappa shape index (κ1) is 26.0. The minimum Gasteiger partial charge on any atom is -0.370 e. The van der Waals surface area contributed by atoms with Crippen LogP contribution in [0.3, 0.4) is 0 Å². The van der Waals surface area contributed by atoms with Crippen LogP contribution in [0.1, 0.15) is 54.0 Å². The average molecular weight is 492 g/mol. The van der Waals surface area contributed by atoms with Gasteiger partial charge in [-0.1, -0.05) is 12.1 Å². The summed E-state index contributed by atoms with van der Waals surface area (Å²) in [6, 6.07) is 6.56. The van der Waals surface area contributed by atoms with Crippen LogP contribution >= 0.6 is 0 Å². The molecule has 11 heteroatoms. The molecule has 0 saturated heterocycles. The van der Waals surface area contributed by atoms with Gasteiger partial charge in [-0.05, 0) is 61.2 Å². The third-order valence-electron chi connectivity index (χ3n) is 5.85. The number of alkyl halides is 6. The summed E-state index contributed by atoms with van der Waals surface area (Å²) in [4.78, 5) is 11.2. The molecule has 1 aliphatic rings. The van der Waals surface area contributed by atoms with Crippen molar-refractivity contribution in [2.24, 2.45) is 5.73 Å². The Bertz CT molecular complexity index is 974. The molecular weight excluding hydrogens is 469 g/mol. The van der Waals surface area contributed by atoms with Gasteiger partial charge in [0.2, 0.25) is 5.91 Å². The summed E-state index contributed by atoms with van der Waals surface area (Å²) in [5.41, 5.74) is 2.74. The lowest BCUT2D eigenvalue weighted by atomic mass is 9.92. The molecule has 0 bridgehead atoms. The van der Waals surface area contributed by atoms with Crippen molar-refractivity contribution in [2.45, 2.75) is 56.3 Å². The number of carbonyl (C=O) groups excluding carboxylic acids is 1. The van der Waals surface area contributed by atoms with Crippen molar-refractivity contribution in [3.8, 4) is 0 Å². The third kappa shape index (κ3) is 6.26. The molecule has 186 valence electrons. The number of nitrogens with one attached hydrogen (secondary N) is 1. The molecule has 4 atom stereocenters. The molecule has 3 N–H and O–H groups in total. The third-order valence-corrected chi connectivity index (χ3v) is 5.85. The van der Waals surface area contributed by atoms with Crippen LogP contribution in [0.4, 0.5) is 30.7 Å². The molecule has 1 saturated carbocycles. The number of nitrogens with two attached hydrogens (primary N) is 1. The molecule has 0 aliphatic heterocycles. The van der Waals surface area contributed by atoms with Crippen LogP contribution in [0.5, 0.6) is 0 Å². The van der Waals surface area contributed by atoms with Crippen LogP contribution in [0, 0.1) is 5.82 Å². The van der Waals surface area contributed by atoms with E-state index < -0.39 is 53.3 Å². The minimum atomic E-state index is -4.97. The van der Waals surface area contributed by atoms with E-state index in [-0.39, 0.29) is 24.2 Å². The first-order chi connectivity index (χ1) is 15.8. The van der Waals surface area contributed by atoms with Gasteiger partial charge in [-0.25, -0.2) is 4.39 Å². The summed E-state index contributed by atoms with van der Waals surface area (Å²) in [5, 5.41) is 3.00. The number of hydrogen-bond donors (Lipinski definition) is 2. The Hall–Kier alpha value is -2.66. The predicted octanol–water partition coefficient (Wildman–Crippen LogP) is 5.33. The van der Waals surface area contributed by atoms with E-state index in [1.807, 2.05) is 0 Å². The molecule has 1 fully saturated rings. The quantitative estimate of drug-likeness (QED) is 0.514. The Morgan fingerprint density at radius 3 is 2.09 bits per heavy atom. The number of benzene rings is 2. The van der Waals surface area contributed by atoms with Gasteiger partial charge in [0, 0.05) is 12.0 Å². The zero-order chi connectivity index (χ0) is 25.3. The van der Waals surface area contributed by atoms with Crippen molar-refractivity contribution in [3.05, 3.63) is 70.5 Å². The van der Waals surface area contributed by atoms with Gasteiger partial charge in [-0.3, -0.25) is 4.79 Å². The topological polar surface area (TPSA) is 64.3 Å². The number of hydrogen-bond acceptors (Lipinski definition) is 3. The fourth-order valence-electron chi connectivity index (χ4n) is 4.26. The molecule has 34 heavy (non-hydrogen) atoms. The van der Waals surface area contributed by atoms with Gasteiger partial charge < -0.3 is 15.8 Å². The first-order valence-corrected chi connectivity index (χ1v) is 10.5. The van der Waals surface area contributed by atoms with Crippen LogP contribution in [-0.4, -0.2) is 24.6 Å². The average Bonchev–Trinajstić information content (AvgIpc) is 3.13. The van der Waals surface area contributed by atoms with Gasteiger partial charge >= 0.3 is 12.4 Å². The monoisotopic (exact) mass is 492 g/mol. The first-order valence-electron chi connectivity index (χ1n) is 10.5. The number of amides is 1. The molecule has 0 unspecified atom stereocenters. The van der Waals surface area contributed by atoms with Crippen molar-refractivity contribution in [3.63, 3.8) is 0 Å². The number of ether oxygens (including phenoxy) is 1. The number of halogens is 7. The lowest BCUT2D eigenvalue weighted by molar-refractivity contribution is -0.143. The van der Waals surface area contributed by atoms with Crippen LogP contribution < -0.4 is 11.1 Å². The number of primary amides is 1. The zero-order valence-electron chi connectivity index (χ0n) is 18.0. The van der Waals surface area contributed by atoms with Crippen LogP contribution in [0.2, 0.25) is 0 Å². The van der Waals surface area contributed by atoms with Gasteiger partial charge in [0.15, 0.2) is 0 Å². The highest BCUT2D eigenvalue weighted by molar-refractivity contribution is 5.75. The molecule has 0 radical (unpaired) electrons. The van der Waals surface area contributed by atoms with Crippen LogP contribution in [0.25, 0.3) is 0 Å². The maximum atomic E-state index is 13.4. The van der Waals surface area contributed by atoms with E-state index in [0.717, 1.165) is 0 Å². The predicted molar refractivity (Wildman–Crippen MR) is 109 cm³/mol. The fourth-order valence-corrected chi connectivity index (χ4v) is 4.26. The van der Waals surface area contributed by atoms with E-state index in [4.69, 9.17) is 10.5 Å². The molecular formula is C23H23F7N2O2. The molecule has 1 amide bonds. The Balaban J connectivity index is 1.90. The van der Waals surface area contributed by atoms with Crippen molar-refractivity contribution in [1.29, 1.82) is 0 Å². The van der Waals surface area contributed by atoms with Crippen molar-refractivity contribution < 1.29 is 40.3 Å². The van der Waals surface area contributed by atoms with E-state index in [2.05, 4.69) is 5.32 Å². The van der Waals surface area contributed by atoms with Gasteiger partial charge in [-0.2, -0.15) is 26.3 Å². The van der Waals surface area contributed by atoms with E-state index in [1.165, 1.54) is 31.2 Å². The van der Waals surface area contributed by atoms with Crippen LogP contribution in [-0.2, 0) is 21.9 Å². The smallest absolute Gasteiger partial charge is 0.370 e. The lowest BCUT2D eigenvalue weighted by Crippen LogP contribution is -2.39. The highest BCUT2D eigenvalue weighted by Crippen LogP contribution is 2.42. The fraction of sp³-hybridized carbons (Fsp3) is 0.435. The minimum absolute atomic E-state index is 0.0664. The van der Waals surface area contributed by atoms with Gasteiger partial charge in [0.25, 0.3) is 0 Å². The van der Waals surface area contributed by atoms with E-state index in [9.17, 15) is 35.5 Å². The molecule has 3 rings (SSSR count). The maximum Gasteiger partial charge on any atom is 0.416 e. The Kier molecular flexibility index (Phi) is 7.56. The highest BCUT2D eigenvalue weighted by Gasteiger charge is 2.40. The molecule has 0 spiro atoms. The number of rotatable bonds is 7. The largest absolute Gasteiger partial charge is 0.416 e. The van der Waals surface area contributed by atoms with E-state index in [1.54, 1.807) is 0 Å². The summed E-state index contributed by atoms with van der Waals surface area (Å²) in [7, 11) is 0. The second kappa shape index (κ2) is 9.91. The Morgan fingerprint density at radius 1 is 1.03 bits per heavy atom. The van der Waals surface area contributed by atoms with Crippen molar-refractivity contribution in [2.75, 3.05) is 6.54 Å². The van der Waals surface area contributed by atoms with E-state index in [0.29, 0.717) is 30.5 Å². The Labute approximate surface area is 191 Å². The molecule has 4 nitrogen and oxygen atoms in total. The summed E-state index contributed by atoms with van der Waals surface area (Å²) in [6.07, 6.45) is -10.7. The zero-order valence-corrected chi connectivity index (χ0v) is 18.0. The molecule has 0 heterocycles. The van der Waals surface area contributed by atoms with Gasteiger partial charge in [0.1, 0.15) is 5.82 Å². The summed E-state index contributed by atoms with van der Waals surface area (Å²) in [6.45, 7) is 1.24. The van der Waals surface area contributed by atoms with Gasteiger partial charge in [-0.15, -0.1) is 0 Å². The highest BCUT2D eigenvalue weighted by atomic mass is 19.4. The summed E-state index contributed by atoms with van der Waals surface area (Å²) < 4.78 is 98.8.